The molecule has 1 aliphatic heterocycles. The van der Waals surface area contributed by atoms with Crippen LogP contribution in [0.1, 0.15) is 26.2 Å². The summed E-state index contributed by atoms with van der Waals surface area (Å²) in [7, 11) is 0. The van der Waals surface area contributed by atoms with E-state index in [2.05, 4.69) is 33.1 Å². The number of piperidine rings is 1. The maximum Gasteiger partial charge on any atom is 0.120 e. The first-order chi connectivity index (χ1) is 9.78. The fourth-order valence-electron chi connectivity index (χ4n) is 2.62. The normalized spacial score (nSPS) is 19.2. The van der Waals surface area contributed by atoms with Crippen LogP contribution < -0.4 is 10.1 Å². The van der Waals surface area contributed by atoms with Crippen molar-refractivity contribution in [2.45, 2.75) is 32.2 Å². The van der Waals surface area contributed by atoms with Crippen molar-refractivity contribution in [3.8, 4) is 5.75 Å². The molecule has 1 saturated heterocycles. The molecule has 0 saturated carbocycles. The van der Waals surface area contributed by atoms with Crippen LogP contribution in [0.15, 0.2) is 28.7 Å². The van der Waals surface area contributed by atoms with E-state index >= 15 is 0 Å². The van der Waals surface area contributed by atoms with Crippen LogP contribution in [0.2, 0.25) is 0 Å². The lowest BCUT2D eigenvalue weighted by atomic mass is 10.0. The van der Waals surface area contributed by atoms with Crippen LogP contribution in [-0.4, -0.2) is 43.7 Å². The Labute approximate surface area is 130 Å². The Kier molecular flexibility index (Phi) is 6.83. The third kappa shape index (κ3) is 5.43. The molecule has 1 unspecified atom stereocenters. The van der Waals surface area contributed by atoms with Gasteiger partial charge in [0, 0.05) is 23.6 Å². The molecule has 1 atom stereocenters. The predicted molar refractivity (Wildman–Crippen MR) is 87.4 cm³/mol. The number of hydrogen-bond donors (Lipinski definition) is 1. The van der Waals surface area contributed by atoms with Crippen LogP contribution in [0.5, 0.6) is 5.75 Å². The van der Waals surface area contributed by atoms with Crippen molar-refractivity contribution in [1.29, 1.82) is 0 Å². The molecule has 112 valence electrons. The predicted octanol–water partition coefficient (Wildman–Crippen LogP) is 3.29. The standard InChI is InChI=1S/C16H25BrN2O/c1-2-19(13-15-7-3-4-9-18-15)10-11-20-16-8-5-6-14(17)12-16/h5-6,8,12,15,18H,2-4,7,9-11,13H2,1H3. The molecule has 0 aliphatic carbocycles. The summed E-state index contributed by atoms with van der Waals surface area (Å²) in [5.41, 5.74) is 0. The average molecular weight is 341 g/mol. The molecule has 0 amide bonds. The number of likely N-dealkylation sites (N-methyl/N-ethyl adjacent to an activating group) is 1. The first kappa shape index (κ1) is 15.8. The van der Waals surface area contributed by atoms with Gasteiger partial charge in [-0.3, -0.25) is 4.90 Å². The van der Waals surface area contributed by atoms with E-state index in [1.807, 2.05) is 24.3 Å². The minimum Gasteiger partial charge on any atom is -0.492 e. The van der Waals surface area contributed by atoms with Crippen molar-refractivity contribution >= 4 is 15.9 Å². The van der Waals surface area contributed by atoms with E-state index in [4.69, 9.17) is 4.74 Å². The van der Waals surface area contributed by atoms with Crippen molar-refractivity contribution in [3.63, 3.8) is 0 Å². The Morgan fingerprint density at radius 2 is 2.30 bits per heavy atom. The highest BCUT2D eigenvalue weighted by Crippen LogP contribution is 2.17. The molecule has 1 aromatic carbocycles. The van der Waals surface area contributed by atoms with E-state index in [0.29, 0.717) is 6.04 Å². The molecule has 4 heteroatoms. The van der Waals surface area contributed by atoms with Crippen LogP contribution in [0.25, 0.3) is 0 Å². The van der Waals surface area contributed by atoms with Gasteiger partial charge in [-0.1, -0.05) is 35.3 Å². The molecular formula is C16H25BrN2O. The summed E-state index contributed by atoms with van der Waals surface area (Å²) < 4.78 is 6.88. The largest absolute Gasteiger partial charge is 0.492 e. The lowest BCUT2D eigenvalue weighted by molar-refractivity contribution is 0.190. The van der Waals surface area contributed by atoms with Gasteiger partial charge in [0.2, 0.25) is 0 Å². The number of ether oxygens (including phenoxy) is 1. The summed E-state index contributed by atoms with van der Waals surface area (Å²) in [5.74, 6) is 0.936. The summed E-state index contributed by atoms with van der Waals surface area (Å²) >= 11 is 3.46. The molecule has 1 aliphatic rings. The highest BCUT2D eigenvalue weighted by molar-refractivity contribution is 9.10. The highest BCUT2D eigenvalue weighted by Gasteiger charge is 2.15. The zero-order valence-corrected chi connectivity index (χ0v) is 13.9. The maximum atomic E-state index is 5.82. The third-order valence-electron chi connectivity index (χ3n) is 3.81. The van der Waals surface area contributed by atoms with E-state index in [1.54, 1.807) is 0 Å². The summed E-state index contributed by atoms with van der Waals surface area (Å²) in [6, 6.07) is 8.69. The van der Waals surface area contributed by atoms with E-state index in [9.17, 15) is 0 Å². The molecule has 0 radical (unpaired) electrons. The first-order valence-corrected chi connectivity index (χ1v) is 8.41. The second-order valence-corrected chi connectivity index (χ2v) is 6.26. The lowest BCUT2D eigenvalue weighted by Crippen LogP contribution is -2.44. The number of rotatable bonds is 7. The second-order valence-electron chi connectivity index (χ2n) is 5.35. The van der Waals surface area contributed by atoms with Gasteiger partial charge in [-0.25, -0.2) is 0 Å². The molecule has 20 heavy (non-hydrogen) atoms. The van der Waals surface area contributed by atoms with Crippen molar-refractivity contribution < 1.29 is 4.74 Å². The van der Waals surface area contributed by atoms with Gasteiger partial charge >= 0.3 is 0 Å². The maximum absolute atomic E-state index is 5.82. The van der Waals surface area contributed by atoms with Gasteiger partial charge in [0.15, 0.2) is 0 Å². The van der Waals surface area contributed by atoms with E-state index < -0.39 is 0 Å². The van der Waals surface area contributed by atoms with Crippen molar-refractivity contribution in [2.24, 2.45) is 0 Å². The Morgan fingerprint density at radius 3 is 3.00 bits per heavy atom. The van der Waals surface area contributed by atoms with Crippen molar-refractivity contribution in [2.75, 3.05) is 32.8 Å². The van der Waals surface area contributed by atoms with E-state index in [0.717, 1.165) is 36.5 Å². The second kappa shape index (κ2) is 8.65. The van der Waals surface area contributed by atoms with Crippen LogP contribution in [-0.2, 0) is 0 Å². The fraction of sp³-hybridized carbons (Fsp3) is 0.625. The van der Waals surface area contributed by atoms with Gasteiger partial charge in [-0.15, -0.1) is 0 Å². The Bertz CT molecular complexity index is 394. The first-order valence-electron chi connectivity index (χ1n) is 7.62. The molecule has 3 nitrogen and oxygen atoms in total. The fourth-order valence-corrected chi connectivity index (χ4v) is 3.00. The smallest absolute Gasteiger partial charge is 0.120 e. The Morgan fingerprint density at radius 1 is 1.40 bits per heavy atom. The number of benzene rings is 1. The van der Waals surface area contributed by atoms with Gasteiger partial charge in [-0.2, -0.15) is 0 Å². The van der Waals surface area contributed by atoms with Crippen molar-refractivity contribution in [3.05, 3.63) is 28.7 Å². The zero-order chi connectivity index (χ0) is 14.2. The molecular weight excluding hydrogens is 316 g/mol. The summed E-state index contributed by atoms with van der Waals surface area (Å²) in [6.07, 6.45) is 4.00. The minimum atomic E-state index is 0.662. The molecule has 2 rings (SSSR count). The topological polar surface area (TPSA) is 24.5 Å². The molecule has 1 fully saturated rings. The third-order valence-corrected chi connectivity index (χ3v) is 4.30. The Balaban J connectivity index is 1.70. The van der Waals surface area contributed by atoms with Crippen LogP contribution in [0, 0.1) is 0 Å². The number of hydrogen-bond acceptors (Lipinski definition) is 3. The SMILES string of the molecule is CCN(CCOc1cccc(Br)c1)CC1CCCCN1. The van der Waals surface area contributed by atoms with Gasteiger partial charge in [0.1, 0.15) is 12.4 Å². The molecule has 0 spiro atoms. The molecule has 0 bridgehead atoms. The van der Waals surface area contributed by atoms with Crippen LogP contribution >= 0.6 is 15.9 Å². The van der Waals surface area contributed by atoms with Crippen molar-refractivity contribution in [1.82, 2.24) is 10.2 Å². The quantitative estimate of drug-likeness (QED) is 0.824. The summed E-state index contributed by atoms with van der Waals surface area (Å²) in [4.78, 5) is 2.47. The van der Waals surface area contributed by atoms with Gasteiger partial charge < -0.3 is 10.1 Å². The monoisotopic (exact) mass is 340 g/mol. The van der Waals surface area contributed by atoms with E-state index in [-0.39, 0.29) is 0 Å². The molecule has 1 heterocycles. The van der Waals surface area contributed by atoms with Crippen LogP contribution in [0.3, 0.4) is 0 Å². The van der Waals surface area contributed by atoms with Crippen LogP contribution in [0.4, 0.5) is 0 Å². The van der Waals surface area contributed by atoms with Gasteiger partial charge in [-0.05, 0) is 44.1 Å². The number of nitrogens with one attached hydrogen (secondary N) is 1. The number of nitrogens with zero attached hydrogens (tertiary/aromatic N) is 1. The number of halogens is 1. The zero-order valence-electron chi connectivity index (χ0n) is 12.3. The Hall–Kier alpha value is -0.580. The molecule has 0 aromatic heterocycles. The lowest BCUT2D eigenvalue weighted by Gasteiger charge is -2.29. The van der Waals surface area contributed by atoms with Gasteiger partial charge in [0.25, 0.3) is 0 Å². The highest BCUT2D eigenvalue weighted by atomic mass is 79.9. The summed E-state index contributed by atoms with van der Waals surface area (Å²) in [5, 5.41) is 3.61. The van der Waals surface area contributed by atoms with Gasteiger partial charge in [0.05, 0.1) is 0 Å². The minimum absolute atomic E-state index is 0.662. The molecule has 1 aromatic rings. The van der Waals surface area contributed by atoms with E-state index in [1.165, 1.54) is 25.8 Å². The molecule has 1 N–H and O–H groups in total. The summed E-state index contributed by atoms with van der Waals surface area (Å²) in [6.45, 7) is 7.36. The average Bonchev–Trinajstić information content (AvgIpc) is 2.47.